The van der Waals surface area contributed by atoms with Crippen LogP contribution in [0.4, 0.5) is 13.6 Å². The van der Waals surface area contributed by atoms with Gasteiger partial charge in [0.25, 0.3) is 0 Å². The molecule has 0 aromatic carbocycles. The Balaban J connectivity index is 1.36. The van der Waals surface area contributed by atoms with Crippen molar-refractivity contribution in [2.45, 2.75) is 51.0 Å². The molecule has 0 radical (unpaired) electrons. The zero-order valence-electron chi connectivity index (χ0n) is 22.7. The lowest BCUT2D eigenvalue weighted by Crippen LogP contribution is -2.49. The van der Waals surface area contributed by atoms with Crippen LogP contribution >= 0.6 is 0 Å². The monoisotopic (exact) mass is 540 g/mol. The van der Waals surface area contributed by atoms with Crippen LogP contribution in [0.2, 0.25) is 0 Å². The molecule has 39 heavy (non-hydrogen) atoms. The summed E-state index contributed by atoms with van der Waals surface area (Å²) in [5, 5.41) is 23.5. The third kappa shape index (κ3) is 4.44. The third-order valence-corrected chi connectivity index (χ3v) is 9.13. The second-order valence-electron chi connectivity index (χ2n) is 11.4. The minimum absolute atomic E-state index is 0.166. The summed E-state index contributed by atoms with van der Waals surface area (Å²) in [6.07, 6.45) is 7.63. The Kier molecular flexibility index (Phi) is 6.73. The Labute approximate surface area is 227 Å². The van der Waals surface area contributed by atoms with Gasteiger partial charge in [0.05, 0.1) is 18.2 Å². The fourth-order valence-electron chi connectivity index (χ4n) is 6.98. The number of fused-ring (bicyclic) bond motifs is 2. The number of carbonyl (C=O) groups excluding carboxylic acids is 1. The molecule has 2 unspecified atom stereocenters. The molecular formula is C28H38F2N8O. The first-order valence-electron chi connectivity index (χ1n) is 14.1. The number of alkyl halides is 2. The lowest BCUT2D eigenvalue weighted by atomic mass is 9.80. The maximum Gasteiger partial charge on any atom is 0.317 e. The number of allylic oxidation sites excluding steroid dienone is 4. The van der Waals surface area contributed by atoms with E-state index >= 15 is 0 Å². The minimum atomic E-state index is -2.50. The van der Waals surface area contributed by atoms with Crippen LogP contribution in [-0.2, 0) is 7.05 Å². The average molecular weight is 541 g/mol. The van der Waals surface area contributed by atoms with Crippen molar-refractivity contribution >= 4 is 17.4 Å². The smallest absolute Gasteiger partial charge is 0.317 e. The van der Waals surface area contributed by atoms with Crippen molar-refractivity contribution in [1.29, 1.82) is 5.41 Å². The van der Waals surface area contributed by atoms with Gasteiger partial charge < -0.3 is 25.8 Å². The van der Waals surface area contributed by atoms with Crippen LogP contribution in [0, 0.1) is 16.7 Å². The predicted octanol–water partition coefficient (Wildman–Crippen LogP) is 3.06. The lowest BCUT2D eigenvalue weighted by molar-refractivity contribution is 0.0836. The fraction of sp³-hybridized carbons (Fsp3) is 0.607. The van der Waals surface area contributed by atoms with Gasteiger partial charge in [0.1, 0.15) is 5.84 Å². The van der Waals surface area contributed by atoms with E-state index in [1.165, 1.54) is 0 Å². The fourth-order valence-corrected chi connectivity index (χ4v) is 6.98. The Morgan fingerprint density at radius 1 is 1.26 bits per heavy atom. The molecule has 9 nitrogen and oxygen atoms in total. The highest BCUT2D eigenvalue weighted by atomic mass is 19.3. The lowest BCUT2D eigenvalue weighted by Gasteiger charge is -2.41. The number of nitrogens with zero attached hydrogens (tertiary/aromatic N) is 4. The van der Waals surface area contributed by atoms with Gasteiger partial charge in [-0.2, -0.15) is 5.10 Å². The highest BCUT2D eigenvalue weighted by Gasteiger charge is 2.67. The molecule has 4 N–H and O–H groups in total. The Morgan fingerprint density at radius 3 is 2.74 bits per heavy atom. The van der Waals surface area contributed by atoms with Crippen molar-refractivity contribution in [3.8, 4) is 0 Å². The number of aryl methyl sites for hydroxylation is 1. The van der Waals surface area contributed by atoms with Gasteiger partial charge >= 0.3 is 6.03 Å². The topological polar surface area (TPSA) is 101 Å². The zero-order valence-corrected chi connectivity index (χ0v) is 22.7. The van der Waals surface area contributed by atoms with E-state index < -0.39 is 11.8 Å². The van der Waals surface area contributed by atoms with Crippen LogP contribution in [0.5, 0.6) is 0 Å². The average Bonchev–Trinajstić information content (AvgIpc) is 3.59. The number of rotatable bonds is 5. The molecule has 5 aliphatic rings. The first-order chi connectivity index (χ1) is 18.8. The summed E-state index contributed by atoms with van der Waals surface area (Å²) in [6, 6.07) is 0.154. The quantitative estimate of drug-likeness (QED) is 0.340. The summed E-state index contributed by atoms with van der Waals surface area (Å²) < 4.78 is 31.2. The van der Waals surface area contributed by atoms with E-state index in [9.17, 15) is 19.0 Å². The van der Waals surface area contributed by atoms with Crippen molar-refractivity contribution in [2.24, 2.45) is 18.4 Å². The zero-order chi connectivity index (χ0) is 27.3. The number of carbonyl (C=O) groups is 1. The SMILES string of the molecule is CNC(=O)N1CCC(NC2CCNCC2)=C(C(=N)N2CCCC3=C2C2CC2(C(F)F)C(c2cnn(C)c2)=C3)C1. The summed E-state index contributed by atoms with van der Waals surface area (Å²) in [4.78, 5) is 16.3. The van der Waals surface area contributed by atoms with Gasteiger partial charge in [-0.05, 0) is 56.3 Å². The highest BCUT2D eigenvalue weighted by Crippen LogP contribution is 2.70. The number of aromatic nitrogens is 2. The maximum atomic E-state index is 14.8. The van der Waals surface area contributed by atoms with Gasteiger partial charge in [-0.3, -0.25) is 10.1 Å². The van der Waals surface area contributed by atoms with E-state index in [0.717, 1.165) is 66.9 Å². The molecule has 2 amide bonds. The van der Waals surface area contributed by atoms with E-state index in [4.69, 9.17) is 0 Å². The van der Waals surface area contributed by atoms with Crippen LogP contribution in [0.15, 0.2) is 41.0 Å². The second kappa shape index (κ2) is 10.1. The molecule has 210 valence electrons. The summed E-state index contributed by atoms with van der Waals surface area (Å²) in [5.74, 6) is 0.00829. The molecule has 3 aliphatic heterocycles. The normalized spacial score (nSPS) is 27.3. The van der Waals surface area contributed by atoms with Gasteiger partial charge in [0.15, 0.2) is 0 Å². The molecule has 1 aromatic rings. The number of halogens is 2. The minimum Gasteiger partial charge on any atom is -0.385 e. The van der Waals surface area contributed by atoms with E-state index in [-0.39, 0.29) is 11.9 Å². The maximum absolute atomic E-state index is 14.8. The van der Waals surface area contributed by atoms with Crippen molar-refractivity contribution < 1.29 is 13.6 Å². The molecular weight excluding hydrogens is 502 g/mol. The third-order valence-electron chi connectivity index (χ3n) is 9.13. The molecule has 1 saturated carbocycles. The van der Waals surface area contributed by atoms with Crippen molar-refractivity contribution in [2.75, 3.05) is 39.8 Å². The Bertz CT molecular complexity index is 1260. The van der Waals surface area contributed by atoms with E-state index in [1.54, 1.807) is 29.9 Å². The van der Waals surface area contributed by atoms with Crippen LogP contribution in [0.3, 0.4) is 0 Å². The summed E-state index contributed by atoms with van der Waals surface area (Å²) in [5.41, 5.74) is 3.94. The molecule has 1 aromatic heterocycles. The van der Waals surface area contributed by atoms with Crippen LogP contribution in [0.25, 0.3) is 5.57 Å². The molecule has 2 fully saturated rings. The van der Waals surface area contributed by atoms with E-state index in [2.05, 4.69) is 21.0 Å². The summed E-state index contributed by atoms with van der Waals surface area (Å²) in [6.45, 7) is 3.42. The first-order valence-corrected chi connectivity index (χ1v) is 14.1. The predicted molar refractivity (Wildman–Crippen MR) is 145 cm³/mol. The molecule has 11 heteroatoms. The summed E-state index contributed by atoms with van der Waals surface area (Å²) in [7, 11) is 3.42. The van der Waals surface area contributed by atoms with Gasteiger partial charge in [-0.1, -0.05) is 6.08 Å². The molecule has 0 bridgehead atoms. The molecule has 6 rings (SSSR count). The number of hydrogen-bond acceptors (Lipinski definition) is 5. The van der Waals surface area contributed by atoms with Crippen molar-refractivity contribution in [1.82, 2.24) is 35.5 Å². The largest absolute Gasteiger partial charge is 0.385 e. The van der Waals surface area contributed by atoms with E-state index in [0.29, 0.717) is 49.9 Å². The Morgan fingerprint density at radius 2 is 2.05 bits per heavy atom. The van der Waals surface area contributed by atoms with Crippen LogP contribution in [0.1, 0.15) is 44.1 Å². The molecule has 1 saturated heterocycles. The Hall–Kier alpha value is -3.21. The number of nitrogens with one attached hydrogen (secondary N) is 4. The molecule has 4 heterocycles. The first kappa shape index (κ1) is 26.0. The molecule has 2 aliphatic carbocycles. The molecule has 0 spiro atoms. The van der Waals surface area contributed by atoms with Crippen LogP contribution < -0.4 is 16.0 Å². The van der Waals surface area contributed by atoms with Gasteiger partial charge in [0.2, 0.25) is 6.43 Å². The van der Waals surface area contributed by atoms with Gasteiger partial charge in [-0.15, -0.1) is 0 Å². The highest BCUT2D eigenvalue weighted by molar-refractivity contribution is 5.99. The second-order valence-corrected chi connectivity index (χ2v) is 11.4. The van der Waals surface area contributed by atoms with Crippen LogP contribution in [-0.4, -0.2) is 83.7 Å². The summed E-state index contributed by atoms with van der Waals surface area (Å²) >= 11 is 0. The van der Waals surface area contributed by atoms with Gasteiger partial charge in [0, 0.05) is 74.3 Å². The van der Waals surface area contributed by atoms with Crippen molar-refractivity contribution in [3.05, 3.63) is 46.6 Å². The number of amides is 2. The van der Waals surface area contributed by atoms with Crippen molar-refractivity contribution in [3.63, 3.8) is 0 Å². The molecule has 2 atom stereocenters. The number of urea groups is 1. The van der Waals surface area contributed by atoms with E-state index in [1.807, 2.05) is 17.2 Å². The number of piperidine rings is 1. The standard InChI is InChI=1S/C28H38F2N8O/c1-32-27(39)37-11-7-23(35-19-5-8-33-9-6-19)20(16-37)25(31)38-10-3-4-17-12-21(18-14-34-36(2)15-18)28(26(29)30)13-22(28)24(17)38/h12,14-15,19,22,26,31,33,35H,3-11,13,16H2,1-2H3,(H,32,39). The number of hydrogen-bond donors (Lipinski definition) is 4. The number of amidine groups is 1. The van der Waals surface area contributed by atoms with Gasteiger partial charge in [-0.25, -0.2) is 13.6 Å².